The molecule has 1 saturated heterocycles. The van der Waals surface area contributed by atoms with Crippen LogP contribution >= 0.6 is 0 Å². The summed E-state index contributed by atoms with van der Waals surface area (Å²) in [6.07, 6.45) is 10.8. The van der Waals surface area contributed by atoms with Gasteiger partial charge in [0.25, 0.3) is 0 Å². The lowest BCUT2D eigenvalue weighted by Gasteiger charge is -2.54. The van der Waals surface area contributed by atoms with Crippen molar-refractivity contribution < 1.29 is 32.2 Å². The summed E-state index contributed by atoms with van der Waals surface area (Å²) < 4.78 is 41.7. The van der Waals surface area contributed by atoms with Crippen molar-refractivity contribution in [3.8, 4) is 0 Å². The van der Waals surface area contributed by atoms with Gasteiger partial charge in [-0.3, -0.25) is 4.79 Å². The molecule has 0 radical (unpaired) electrons. The van der Waals surface area contributed by atoms with Gasteiger partial charge in [-0.2, -0.15) is 0 Å². The van der Waals surface area contributed by atoms with Crippen LogP contribution in [0.1, 0.15) is 87.9 Å². The molecule has 4 aliphatic carbocycles. The number of benzene rings is 1. The molecule has 0 bridgehead atoms. The van der Waals surface area contributed by atoms with E-state index in [-0.39, 0.29) is 45.7 Å². The molecule has 4 fully saturated rings. The first-order chi connectivity index (χ1) is 18.6. The molecule has 7 atom stereocenters. The molecule has 5 aliphatic rings. The lowest BCUT2D eigenvalue weighted by molar-refractivity contribution is -0.214. The zero-order valence-electron chi connectivity index (χ0n) is 22.6. The first kappa shape index (κ1) is 27.1. The van der Waals surface area contributed by atoms with Crippen LogP contribution in [-0.2, 0) is 29.0 Å². The van der Waals surface area contributed by atoms with Crippen LogP contribution in [0.5, 0.6) is 0 Å². The van der Waals surface area contributed by atoms with E-state index in [4.69, 9.17) is 19.3 Å². The Morgan fingerprint density at radius 1 is 1.05 bits per heavy atom. The third kappa shape index (κ3) is 5.00. The van der Waals surface area contributed by atoms with Crippen molar-refractivity contribution in [2.45, 2.75) is 94.8 Å². The van der Waals surface area contributed by atoms with Crippen molar-refractivity contribution >= 4 is 21.8 Å². The van der Waals surface area contributed by atoms with Gasteiger partial charge in [-0.25, -0.2) is 18.4 Å². The van der Waals surface area contributed by atoms with Crippen LogP contribution in [0.15, 0.2) is 40.5 Å². The van der Waals surface area contributed by atoms with Gasteiger partial charge < -0.3 is 14.2 Å². The van der Waals surface area contributed by atoms with Gasteiger partial charge in [-0.15, -0.1) is 0 Å². The number of carbonyl (C=O) groups excluding carboxylic acids is 2. The average Bonchev–Trinajstić information content (AvgIpc) is 3.26. The molecule has 6 rings (SSSR count). The largest absolute Gasteiger partial charge is 0.419 e. The van der Waals surface area contributed by atoms with Crippen molar-refractivity contribution in [1.29, 1.82) is 0 Å². The minimum absolute atomic E-state index is 0.0608. The van der Waals surface area contributed by atoms with Gasteiger partial charge in [0.15, 0.2) is 17.8 Å². The van der Waals surface area contributed by atoms with E-state index in [0.717, 1.165) is 63.5 Å². The summed E-state index contributed by atoms with van der Waals surface area (Å²) in [5.74, 6) is 1.21. The van der Waals surface area contributed by atoms with Gasteiger partial charge >= 0.3 is 5.97 Å². The molecule has 1 aromatic rings. The second kappa shape index (κ2) is 10.4. The lowest BCUT2D eigenvalue weighted by Crippen LogP contribution is -2.49. The van der Waals surface area contributed by atoms with Crippen LogP contribution in [0.25, 0.3) is 0 Å². The summed E-state index contributed by atoms with van der Waals surface area (Å²) in [5, 5.41) is 5.23. The van der Waals surface area contributed by atoms with Gasteiger partial charge in [0.05, 0.1) is 16.6 Å². The van der Waals surface area contributed by atoms with E-state index in [9.17, 15) is 18.0 Å². The number of hydrogen-bond acceptors (Lipinski definition) is 7. The molecule has 1 heterocycles. The maximum atomic E-state index is 13.0. The molecule has 1 aliphatic heterocycles. The smallest absolute Gasteiger partial charge is 0.343 e. The number of primary sulfonamides is 1. The molecule has 39 heavy (non-hydrogen) atoms. The molecule has 0 aromatic heterocycles. The van der Waals surface area contributed by atoms with Crippen LogP contribution in [-0.4, -0.2) is 39.2 Å². The van der Waals surface area contributed by atoms with Crippen molar-refractivity contribution in [2.24, 2.45) is 34.2 Å². The number of hydrogen-bond donors (Lipinski definition) is 1. The Labute approximate surface area is 230 Å². The molecule has 0 amide bonds. The highest BCUT2D eigenvalue weighted by Gasteiger charge is 2.57. The van der Waals surface area contributed by atoms with Crippen LogP contribution in [0.2, 0.25) is 0 Å². The van der Waals surface area contributed by atoms with Gasteiger partial charge in [0, 0.05) is 13.0 Å². The van der Waals surface area contributed by atoms with Gasteiger partial charge in [-0.1, -0.05) is 13.0 Å². The Morgan fingerprint density at radius 3 is 2.67 bits per heavy atom. The average molecular weight is 558 g/mol. The fraction of sp³-hybridized carbons (Fsp3) is 0.667. The van der Waals surface area contributed by atoms with Gasteiger partial charge in [0.2, 0.25) is 10.0 Å². The fourth-order valence-corrected chi connectivity index (χ4v) is 9.06. The predicted octanol–water partition coefficient (Wildman–Crippen LogP) is 4.87. The number of nitrogens with two attached hydrogens (primary N) is 1. The Bertz CT molecular complexity index is 1280. The number of ether oxygens (including phenoxy) is 3. The quantitative estimate of drug-likeness (QED) is 0.513. The van der Waals surface area contributed by atoms with Gasteiger partial charge in [-0.05, 0) is 117 Å². The number of carbonyl (C=O) groups is 2. The topological polar surface area (TPSA) is 122 Å². The normalized spacial score (nSPS) is 36.6. The zero-order valence-corrected chi connectivity index (χ0v) is 23.4. The van der Waals surface area contributed by atoms with Crippen molar-refractivity contribution in [3.05, 3.63) is 41.2 Å². The minimum Gasteiger partial charge on any atom is -0.419 e. The van der Waals surface area contributed by atoms with E-state index in [1.54, 1.807) is 0 Å². The standard InChI is InChI=1S/C30H39NO7S/c1-30-15-14-21-20-10-12-25(32)28(38-29(33)18-5-4-6-19(17-18)39(31,34)35)23(20)9-8-22(21)24(30)11-13-26(30)37-27-7-2-3-16-36-27/h4-6,17,20-22,24,26-27H,2-3,7-16H2,1H3,(H2,31,34,35)/t20-,21?,22?,24?,26+,27?,30+/m1/s1. The highest BCUT2D eigenvalue weighted by atomic mass is 32.2. The second-order valence-electron chi connectivity index (χ2n) is 12.4. The predicted molar refractivity (Wildman–Crippen MR) is 143 cm³/mol. The van der Waals surface area contributed by atoms with Crippen LogP contribution < -0.4 is 5.14 Å². The van der Waals surface area contributed by atoms with E-state index >= 15 is 0 Å². The molecule has 3 saturated carbocycles. The number of allylic oxidation sites excluding steroid dienone is 1. The molecule has 1 aromatic carbocycles. The van der Waals surface area contributed by atoms with Crippen molar-refractivity contribution in [3.63, 3.8) is 0 Å². The van der Waals surface area contributed by atoms with Crippen LogP contribution in [0, 0.1) is 29.1 Å². The first-order valence-corrected chi connectivity index (χ1v) is 16.1. The Kier molecular flexibility index (Phi) is 7.23. The summed E-state index contributed by atoms with van der Waals surface area (Å²) in [5.41, 5.74) is 1.19. The van der Waals surface area contributed by atoms with E-state index in [1.165, 1.54) is 37.1 Å². The number of ketones is 1. The summed E-state index contributed by atoms with van der Waals surface area (Å²) in [7, 11) is -3.96. The summed E-state index contributed by atoms with van der Waals surface area (Å²) >= 11 is 0. The molecular formula is C30H39NO7S. The number of sulfonamides is 1. The summed E-state index contributed by atoms with van der Waals surface area (Å²) in [4.78, 5) is 25.8. The zero-order chi connectivity index (χ0) is 27.4. The van der Waals surface area contributed by atoms with Crippen molar-refractivity contribution in [2.75, 3.05) is 6.61 Å². The molecule has 212 valence electrons. The number of Topliss-reactive ketones (excluding diaryl/α,β-unsaturated/α-hetero) is 1. The Hall–Kier alpha value is -2.07. The van der Waals surface area contributed by atoms with Gasteiger partial charge in [0.1, 0.15) is 0 Å². The third-order valence-electron chi connectivity index (χ3n) is 10.4. The van der Waals surface area contributed by atoms with E-state index < -0.39 is 16.0 Å². The molecule has 8 nitrogen and oxygen atoms in total. The maximum absolute atomic E-state index is 13.0. The maximum Gasteiger partial charge on any atom is 0.343 e. The number of fused-ring (bicyclic) bond motifs is 5. The summed E-state index contributed by atoms with van der Waals surface area (Å²) in [6.45, 7) is 3.22. The molecule has 0 spiro atoms. The highest BCUT2D eigenvalue weighted by molar-refractivity contribution is 7.89. The summed E-state index contributed by atoms with van der Waals surface area (Å²) in [6, 6.07) is 5.45. The minimum atomic E-state index is -3.96. The third-order valence-corrected chi connectivity index (χ3v) is 11.3. The SMILES string of the molecule is C[C@]12CCC3C(CCC4=C(OC(=O)c5cccc(S(N)(=O)=O)c5)C(=O)CC[C@@H]43)C1CC[C@@H]2OC1CCCCO1. The monoisotopic (exact) mass is 557 g/mol. The van der Waals surface area contributed by atoms with Crippen LogP contribution in [0.3, 0.4) is 0 Å². The van der Waals surface area contributed by atoms with E-state index in [0.29, 0.717) is 24.2 Å². The molecule has 4 unspecified atom stereocenters. The highest BCUT2D eigenvalue weighted by Crippen LogP contribution is 2.63. The first-order valence-electron chi connectivity index (χ1n) is 14.5. The van der Waals surface area contributed by atoms with Crippen molar-refractivity contribution in [1.82, 2.24) is 0 Å². The number of esters is 1. The van der Waals surface area contributed by atoms with E-state index in [2.05, 4.69) is 6.92 Å². The second-order valence-corrected chi connectivity index (χ2v) is 14.0. The number of rotatable bonds is 5. The van der Waals surface area contributed by atoms with Crippen LogP contribution in [0.4, 0.5) is 0 Å². The Morgan fingerprint density at radius 2 is 1.90 bits per heavy atom. The Balaban J connectivity index is 1.20. The molecule has 2 N–H and O–H groups in total. The molecular weight excluding hydrogens is 518 g/mol. The lowest BCUT2D eigenvalue weighted by atomic mass is 9.52. The van der Waals surface area contributed by atoms with E-state index in [1.807, 2.05) is 0 Å². The fourth-order valence-electron chi connectivity index (χ4n) is 8.50. The molecule has 9 heteroatoms.